The van der Waals surface area contributed by atoms with Gasteiger partial charge in [0.25, 0.3) is 0 Å². The van der Waals surface area contributed by atoms with Crippen molar-refractivity contribution in [3.05, 3.63) is 56.6 Å². The smallest absolute Gasteiger partial charge is 0.0431 e. The molecule has 1 aliphatic rings. The molecular weight excluding hydrogens is 294 g/mol. The normalized spacial score (nSPS) is 16.0. The van der Waals surface area contributed by atoms with Crippen molar-refractivity contribution in [3.8, 4) is 0 Å². The van der Waals surface area contributed by atoms with E-state index in [4.69, 9.17) is 5.73 Å². The maximum Gasteiger partial charge on any atom is 0.0431 e. The predicted octanol–water partition coefficient (Wildman–Crippen LogP) is 5.08. The summed E-state index contributed by atoms with van der Waals surface area (Å²) in [5.74, 6) is 0. The van der Waals surface area contributed by atoms with Crippen molar-refractivity contribution in [3.63, 3.8) is 0 Å². The molecule has 0 spiro atoms. The van der Waals surface area contributed by atoms with Gasteiger partial charge in [-0.3, -0.25) is 0 Å². The zero-order chi connectivity index (χ0) is 14.2. The predicted molar refractivity (Wildman–Crippen MR) is 93.4 cm³/mol. The molecule has 1 unspecified atom stereocenters. The SMILES string of the molecule is NC(Cc1csc2ccccc12)c1cc2c(s1)CCCC2. The number of nitrogens with two attached hydrogens (primary N) is 1. The van der Waals surface area contributed by atoms with Crippen LogP contribution in [0.5, 0.6) is 0 Å². The number of hydrogen-bond donors (Lipinski definition) is 1. The Balaban J connectivity index is 1.60. The van der Waals surface area contributed by atoms with E-state index in [9.17, 15) is 0 Å². The van der Waals surface area contributed by atoms with Crippen molar-refractivity contribution < 1.29 is 0 Å². The fourth-order valence-corrected chi connectivity index (χ4v) is 5.46. The molecule has 2 heterocycles. The Morgan fingerprint density at radius 2 is 2.00 bits per heavy atom. The summed E-state index contributed by atoms with van der Waals surface area (Å²) in [6.45, 7) is 0. The van der Waals surface area contributed by atoms with Gasteiger partial charge in [0, 0.05) is 20.5 Å². The fourth-order valence-electron chi connectivity index (χ4n) is 3.22. The van der Waals surface area contributed by atoms with E-state index < -0.39 is 0 Å². The third-order valence-corrected chi connectivity index (χ3v) is 6.76. The maximum atomic E-state index is 6.50. The first-order valence-electron chi connectivity index (χ1n) is 7.63. The lowest BCUT2D eigenvalue weighted by molar-refractivity contribution is 0.695. The molecule has 3 aromatic rings. The number of hydrogen-bond acceptors (Lipinski definition) is 3. The molecule has 0 amide bonds. The highest BCUT2D eigenvalue weighted by molar-refractivity contribution is 7.17. The summed E-state index contributed by atoms with van der Waals surface area (Å²) in [6, 6.07) is 11.1. The largest absolute Gasteiger partial charge is 0.323 e. The molecule has 1 aromatic carbocycles. The van der Waals surface area contributed by atoms with Crippen LogP contribution in [0.3, 0.4) is 0 Å². The maximum absolute atomic E-state index is 6.50. The van der Waals surface area contributed by atoms with E-state index in [0.717, 1.165) is 6.42 Å². The molecule has 21 heavy (non-hydrogen) atoms. The molecule has 1 nitrogen and oxygen atoms in total. The molecule has 1 aliphatic carbocycles. The molecule has 108 valence electrons. The molecule has 2 N–H and O–H groups in total. The second-order valence-corrected chi connectivity index (χ2v) is 7.95. The Kier molecular flexibility index (Phi) is 3.57. The molecule has 0 bridgehead atoms. The standard InChI is InChI=1S/C18H19NS2/c19-15(18-10-12-5-1-3-7-16(12)21-18)9-13-11-20-17-8-4-2-6-14(13)17/h2,4,6,8,10-11,15H,1,3,5,7,9,19H2. The Labute approximate surface area is 133 Å². The van der Waals surface area contributed by atoms with Gasteiger partial charge in [-0.2, -0.15) is 0 Å². The number of rotatable bonds is 3. The van der Waals surface area contributed by atoms with Gasteiger partial charge in [-0.15, -0.1) is 22.7 Å². The minimum Gasteiger partial charge on any atom is -0.323 e. The Hall–Kier alpha value is -1.16. The van der Waals surface area contributed by atoms with Gasteiger partial charge in [0.15, 0.2) is 0 Å². The van der Waals surface area contributed by atoms with E-state index in [0.29, 0.717) is 0 Å². The molecule has 1 atom stereocenters. The van der Waals surface area contributed by atoms with Crippen LogP contribution in [0.2, 0.25) is 0 Å². The topological polar surface area (TPSA) is 26.0 Å². The lowest BCUT2D eigenvalue weighted by atomic mass is 9.98. The summed E-state index contributed by atoms with van der Waals surface area (Å²) in [6.07, 6.45) is 6.14. The van der Waals surface area contributed by atoms with Crippen LogP contribution in [0.1, 0.15) is 39.8 Å². The van der Waals surface area contributed by atoms with Gasteiger partial charge in [-0.05, 0) is 66.1 Å². The summed E-state index contributed by atoms with van der Waals surface area (Å²) < 4.78 is 1.37. The van der Waals surface area contributed by atoms with E-state index in [-0.39, 0.29) is 6.04 Å². The van der Waals surface area contributed by atoms with Crippen LogP contribution in [0, 0.1) is 0 Å². The monoisotopic (exact) mass is 313 g/mol. The lowest BCUT2D eigenvalue weighted by Gasteiger charge is -2.08. The lowest BCUT2D eigenvalue weighted by Crippen LogP contribution is -2.11. The Bertz CT molecular complexity index is 745. The second kappa shape index (κ2) is 5.56. The van der Waals surface area contributed by atoms with Crippen LogP contribution >= 0.6 is 22.7 Å². The number of aryl methyl sites for hydroxylation is 2. The highest BCUT2D eigenvalue weighted by atomic mass is 32.1. The van der Waals surface area contributed by atoms with E-state index in [2.05, 4.69) is 35.7 Å². The fraction of sp³-hybridized carbons (Fsp3) is 0.333. The van der Waals surface area contributed by atoms with Crippen LogP contribution in [0.25, 0.3) is 10.1 Å². The highest BCUT2D eigenvalue weighted by Gasteiger charge is 2.18. The summed E-state index contributed by atoms with van der Waals surface area (Å²) in [5, 5.41) is 3.65. The van der Waals surface area contributed by atoms with Gasteiger partial charge in [0.2, 0.25) is 0 Å². The van der Waals surface area contributed by atoms with Gasteiger partial charge in [0.1, 0.15) is 0 Å². The quantitative estimate of drug-likeness (QED) is 0.716. The molecule has 3 heteroatoms. The molecular formula is C18H19NS2. The van der Waals surface area contributed by atoms with Crippen molar-refractivity contribution in [1.82, 2.24) is 0 Å². The Morgan fingerprint density at radius 1 is 1.14 bits per heavy atom. The molecule has 0 aliphatic heterocycles. The minimum absolute atomic E-state index is 0.138. The van der Waals surface area contributed by atoms with Crippen LogP contribution in [-0.2, 0) is 19.3 Å². The van der Waals surface area contributed by atoms with Crippen molar-refractivity contribution in [1.29, 1.82) is 0 Å². The second-order valence-electron chi connectivity index (χ2n) is 5.87. The van der Waals surface area contributed by atoms with Crippen LogP contribution in [0.4, 0.5) is 0 Å². The van der Waals surface area contributed by atoms with Crippen LogP contribution < -0.4 is 5.73 Å². The first kappa shape index (κ1) is 13.5. The van der Waals surface area contributed by atoms with Crippen molar-refractivity contribution in [2.45, 2.75) is 38.1 Å². The molecule has 0 radical (unpaired) electrons. The minimum atomic E-state index is 0.138. The average Bonchev–Trinajstić information content (AvgIpc) is 3.11. The molecule has 4 rings (SSSR count). The van der Waals surface area contributed by atoms with Crippen LogP contribution in [-0.4, -0.2) is 0 Å². The van der Waals surface area contributed by atoms with Gasteiger partial charge in [-0.1, -0.05) is 18.2 Å². The average molecular weight is 313 g/mol. The van der Waals surface area contributed by atoms with Crippen molar-refractivity contribution in [2.75, 3.05) is 0 Å². The first-order valence-corrected chi connectivity index (χ1v) is 9.33. The first-order chi connectivity index (χ1) is 10.3. The van der Waals surface area contributed by atoms with E-state index in [1.54, 1.807) is 10.4 Å². The van der Waals surface area contributed by atoms with Gasteiger partial charge in [0.05, 0.1) is 0 Å². The van der Waals surface area contributed by atoms with Crippen molar-refractivity contribution >= 4 is 32.8 Å². The molecule has 0 saturated carbocycles. The summed E-state index contributed by atoms with van der Waals surface area (Å²) in [5.41, 5.74) is 9.46. The van der Waals surface area contributed by atoms with Gasteiger partial charge < -0.3 is 5.73 Å². The van der Waals surface area contributed by atoms with E-state index in [1.807, 2.05) is 22.7 Å². The zero-order valence-electron chi connectivity index (χ0n) is 12.0. The van der Waals surface area contributed by atoms with Crippen LogP contribution in [0.15, 0.2) is 35.7 Å². The summed E-state index contributed by atoms with van der Waals surface area (Å²) in [7, 11) is 0. The zero-order valence-corrected chi connectivity index (χ0v) is 13.6. The Morgan fingerprint density at radius 3 is 2.90 bits per heavy atom. The number of fused-ring (bicyclic) bond motifs is 2. The third kappa shape index (κ3) is 2.54. The number of thiophene rings is 2. The van der Waals surface area contributed by atoms with E-state index in [1.165, 1.54) is 46.2 Å². The third-order valence-electron chi connectivity index (χ3n) is 4.38. The summed E-state index contributed by atoms with van der Waals surface area (Å²) in [4.78, 5) is 2.96. The highest BCUT2D eigenvalue weighted by Crippen LogP contribution is 2.35. The van der Waals surface area contributed by atoms with Crippen molar-refractivity contribution in [2.24, 2.45) is 5.73 Å². The molecule has 0 fully saturated rings. The number of benzene rings is 1. The molecule has 2 aromatic heterocycles. The summed E-state index contributed by atoms with van der Waals surface area (Å²) >= 11 is 3.78. The van der Waals surface area contributed by atoms with Gasteiger partial charge >= 0.3 is 0 Å². The van der Waals surface area contributed by atoms with E-state index >= 15 is 0 Å². The van der Waals surface area contributed by atoms with Gasteiger partial charge in [-0.25, -0.2) is 0 Å². The molecule has 0 saturated heterocycles.